The lowest BCUT2D eigenvalue weighted by Gasteiger charge is -2.24. The average molecular weight is 280 g/mol. The van der Waals surface area contributed by atoms with Crippen molar-refractivity contribution in [2.45, 2.75) is 19.6 Å². The van der Waals surface area contributed by atoms with Gasteiger partial charge in [0.25, 0.3) is 0 Å². The van der Waals surface area contributed by atoms with Gasteiger partial charge in [0.2, 0.25) is 0 Å². The molecule has 3 heteroatoms. The zero-order valence-electron chi connectivity index (χ0n) is 9.10. The van der Waals surface area contributed by atoms with E-state index in [1.807, 2.05) is 18.3 Å². The minimum atomic E-state index is -0.484. The van der Waals surface area contributed by atoms with Crippen LogP contribution >= 0.6 is 15.9 Å². The fourth-order valence-corrected chi connectivity index (χ4v) is 2.17. The third kappa shape index (κ3) is 2.54. The minimum absolute atomic E-state index is 0.484. The summed E-state index contributed by atoms with van der Waals surface area (Å²) in [5.41, 5.74) is 2.57. The third-order valence-electron chi connectivity index (χ3n) is 2.65. The van der Waals surface area contributed by atoms with Gasteiger partial charge in [0.05, 0.1) is 10.7 Å². The highest BCUT2D eigenvalue weighted by atomic mass is 79.9. The third-order valence-corrected chi connectivity index (χ3v) is 3.37. The predicted molar refractivity (Wildman–Crippen MR) is 68.9 cm³/mol. The molecule has 0 aromatic heterocycles. The second-order valence-corrected chi connectivity index (χ2v) is 4.69. The molecule has 1 aromatic rings. The van der Waals surface area contributed by atoms with E-state index >= 15 is 0 Å². The van der Waals surface area contributed by atoms with Crippen molar-refractivity contribution in [3.63, 3.8) is 0 Å². The van der Waals surface area contributed by atoms with Crippen LogP contribution in [0.15, 0.2) is 47.2 Å². The average Bonchev–Trinajstić information content (AvgIpc) is 2.25. The lowest BCUT2D eigenvalue weighted by molar-refractivity contribution is 0.260. The van der Waals surface area contributed by atoms with E-state index in [-0.39, 0.29) is 0 Å². The van der Waals surface area contributed by atoms with Gasteiger partial charge in [-0.2, -0.15) is 0 Å². The summed E-state index contributed by atoms with van der Waals surface area (Å²) in [6.07, 6.45) is 4.96. The van der Waals surface area contributed by atoms with Crippen LogP contribution < -0.4 is 0 Å². The zero-order valence-corrected chi connectivity index (χ0v) is 10.7. The molecule has 0 bridgehead atoms. The summed E-state index contributed by atoms with van der Waals surface area (Å²) in [4.78, 5) is 2.06. The number of aryl methyl sites for hydroxylation is 1. The van der Waals surface area contributed by atoms with Gasteiger partial charge in [0.1, 0.15) is 0 Å². The monoisotopic (exact) mass is 279 g/mol. The van der Waals surface area contributed by atoms with Crippen molar-refractivity contribution in [2.75, 3.05) is 0 Å². The number of nitrogens with zero attached hydrogens (tertiary/aromatic N) is 1. The maximum Gasteiger partial charge on any atom is 0.0947 e. The molecule has 1 unspecified atom stereocenters. The summed E-state index contributed by atoms with van der Waals surface area (Å²) < 4.78 is 0.908. The van der Waals surface area contributed by atoms with Gasteiger partial charge in [-0.25, -0.2) is 0 Å². The SMILES string of the molecule is Cc1ccccc1CN1C=CC(O)C=C1Br. The lowest BCUT2D eigenvalue weighted by Crippen LogP contribution is -2.19. The second kappa shape index (κ2) is 4.85. The van der Waals surface area contributed by atoms with E-state index in [1.165, 1.54) is 11.1 Å². The van der Waals surface area contributed by atoms with Crippen molar-refractivity contribution >= 4 is 15.9 Å². The summed E-state index contributed by atoms with van der Waals surface area (Å²) in [5, 5.41) is 9.40. The Bertz CT molecular complexity index is 439. The normalized spacial score (nSPS) is 19.8. The first-order valence-electron chi connectivity index (χ1n) is 5.21. The van der Waals surface area contributed by atoms with Crippen LogP contribution in [0.4, 0.5) is 0 Å². The largest absolute Gasteiger partial charge is 0.385 e. The van der Waals surface area contributed by atoms with Crippen LogP contribution in [0.3, 0.4) is 0 Å². The number of aliphatic hydroxyl groups is 1. The zero-order chi connectivity index (χ0) is 11.5. The van der Waals surface area contributed by atoms with E-state index in [1.54, 1.807) is 12.2 Å². The molecule has 0 aliphatic carbocycles. The topological polar surface area (TPSA) is 23.5 Å². The van der Waals surface area contributed by atoms with Gasteiger partial charge in [-0.3, -0.25) is 0 Å². The van der Waals surface area contributed by atoms with Crippen LogP contribution in [0.25, 0.3) is 0 Å². The van der Waals surface area contributed by atoms with E-state index in [0.717, 1.165) is 11.2 Å². The van der Waals surface area contributed by atoms with Crippen LogP contribution in [0, 0.1) is 6.92 Å². The van der Waals surface area contributed by atoms with Gasteiger partial charge in [0, 0.05) is 12.7 Å². The molecule has 0 fully saturated rings. The summed E-state index contributed by atoms with van der Waals surface area (Å²) in [5.74, 6) is 0. The Hall–Kier alpha value is -1.06. The second-order valence-electron chi connectivity index (χ2n) is 3.88. The fourth-order valence-electron chi connectivity index (χ4n) is 1.65. The quantitative estimate of drug-likeness (QED) is 0.842. The van der Waals surface area contributed by atoms with E-state index in [9.17, 15) is 5.11 Å². The van der Waals surface area contributed by atoms with E-state index in [4.69, 9.17) is 0 Å². The first-order chi connectivity index (χ1) is 7.66. The molecule has 1 aromatic carbocycles. The molecule has 2 rings (SSSR count). The van der Waals surface area contributed by atoms with Crippen molar-refractivity contribution in [1.29, 1.82) is 0 Å². The Morgan fingerprint density at radius 1 is 1.38 bits per heavy atom. The minimum Gasteiger partial charge on any atom is -0.385 e. The van der Waals surface area contributed by atoms with Crippen LogP contribution in [0.1, 0.15) is 11.1 Å². The maximum atomic E-state index is 9.40. The Balaban J connectivity index is 2.14. The standard InChI is InChI=1S/C13H14BrNO/c1-10-4-2-3-5-11(10)9-15-7-6-12(16)8-13(15)14/h2-8,12,16H,9H2,1H3. The van der Waals surface area contributed by atoms with Gasteiger partial charge in [-0.1, -0.05) is 24.3 Å². The van der Waals surface area contributed by atoms with Gasteiger partial charge in [-0.05, 0) is 46.1 Å². The Morgan fingerprint density at radius 2 is 2.12 bits per heavy atom. The van der Waals surface area contributed by atoms with E-state index in [0.29, 0.717) is 0 Å². The Labute approximate surface area is 104 Å². The highest BCUT2D eigenvalue weighted by molar-refractivity contribution is 9.11. The maximum absolute atomic E-state index is 9.40. The predicted octanol–water partition coefficient (Wildman–Crippen LogP) is 2.92. The van der Waals surface area contributed by atoms with Crippen LogP contribution in [-0.4, -0.2) is 16.1 Å². The summed E-state index contributed by atoms with van der Waals surface area (Å²) in [6, 6.07) is 8.31. The van der Waals surface area contributed by atoms with Crippen LogP contribution in [0.5, 0.6) is 0 Å². The number of rotatable bonds is 2. The summed E-state index contributed by atoms with van der Waals surface area (Å²) in [6.45, 7) is 2.92. The van der Waals surface area contributed by atoms with E-state index < -0.39 is 6.10 Å². The molecular weight excluding hydrogens is 266 g/mol. The number of hydrogen-bond acceptors (Lipinski definition) is 2. The lowest BCUT2D eigenvalue weighted by atomic mass is 10.1. The summed E-state index contributed by atoms with van der Waals surface area (Å²) >= 11 is 3.45. The van der Waals surface area contributed by atoms with Gasteiger partial charge >= 0.3 is 0 Å². The number of aliphatic hydroxyl groups excluding tert-OH is 1. The molecule has 16 heavy (non-hydrogen) atoms. The number of hydrogen-bond donors (Lipinski definition) is 1. The molecule has 84 valence electrons. The fraction of sp³-hybridized carbons (Fsp3) is 0.231. The Morgan fingerprint density at radius 3 is 2.81 bits per heavy atom. The first-order valence-corrected chi connectivity index (χ1v) is 6.01. The molecule has 0 radical (unpaired) electrons. The highest BCUT2D eigenvalue weighted by Crippen LogP contribution is 2.22. The molecule has 0 saturated carbocycles. The molecule has 1 aliphatic heterocycles. The molecule has 1 heterocycles. The molecule has 2 nitrogen and oxygen atoms in total. The molecule has 0 spiro atoms. The van der Waals surface area contributed by atoms with Crippen molar-refractivity contribution in [2.24, 2.45) is 0 Å². The van der Waals surface area contributed by atoms with Crippen LogP contribution in [-0.2, 0) is 6.54 Å². The Kier molecular flexibility index (Phi) is 3.46. The van der Waals surface area contributed by atoms with Gasteiger partial charge in [-0.15, -0.1) is 0 Å². The molecule has 1 N–H and O–H groups in total. The smallest absolute Gasteiger partial charge is 0.0947 e. The molecule has 0 amide bonds. The van der Waals surface area contributed by atoms with Gasteiger partial charge in [0.15, 0.2) is 0 Å². The van der Waals surface area contributed by atoms with E-state index in [2.05, 4.69) is 39.9 Å². The number of benzene rings is 1. The van der Waals surface area contributed by atoms with Crippen molar-refractivity contribution in [3.8, 4) is 0 Å². The molecule has 1 atom stereocenters. The van der Waals surface area contributed by atoms with Gasteiger partial charge < -0.3 is 10.0 Å². The first kappa shape index (κ1) is 11.4. The summed E-state index contributed by atoms with van der Waals surface area (Å²) in [7, 11) is 0. The highest BCUT2D eigenvalue weighted by Gasteiger charge is 2.12. The molecule has 1 aliphatic rings. The van der Waals surface area contributed by atoms with Crippen molar-refractivity contribution in [3.05, 3.63) is 58.4 Å². The van der Waals surface area contributed by atoms with Crippen molar-refractivity contribution < 1.29 is 5.11 Å². The molecule has 0 saturated heterocycles. The molecular formula is C13H14BrNO. The van der Waals surface area contributed by atoms with Crippen molar-refractivity contribution in [1.82, 2.24) is 4.90 Å². The van der Waals surface area contributed by atoms with Crippen LogP contribution in [0.2, 0.25) is 0 Å². The number of halogens is 1.